The Labute approximate surface area is 476 Å². The number of nitrogens with zero attached hydrogens (tertiary/aromatic N) is 4. The number of carbonyl (C=O) groups excluding carboxylic acids is 9. The van der Waals surface area contributed by atoms with Gasteiger partial charge in [-0.25, -0.2) is 4.79 Å². The summed E-state index contributed by atoms with van der Waals surface area (Å²) in [5.41, 5.74) is 7.25. The molecule has 5 atom stereocenters. The number of carbonyl (C=O) groups is 9. The second-order valence-electron chi connectivity index (χ2n) is 21.4. The Morgan fingerprint density at radius 3 is 2.22 bits per heavy atom. The van der Waals surface area contributed by atoms with E-state index in [1.165, 1.54) is 38.3 Å². The number of hydrogen-bond donors (Lipinski definition) is 7. The van der Waals surface area contributed by atoms with E-state index in [9.17, 15) is 57.5 Å². The molecule has 4 aromatic carbocycles. The lowest BCUT2D eigenvalue weighted by Gasteiger charge is -2.38. The van der Waals surface area contributed by atoms with E-state index in [1.807, 2.05) is 60.7 Å². The van der Waals surface area contributed by atoms with Crippen molar-refractivity contribution in [2.24, 2.45) is 18.7 Å². The highest BCUT2D eigenvalue weighted by Gasteiger charge is 2.46. The van der Waals surface area contributed by atoms with Gasteiger partial charge in [0.15, 0.2) is 5.78 Å². The molecule has 9 rings (SSSR count). The topological polar surface area (TPSA) is 322 Å². The van der Waals surface area contributed by atoms with Gasteiger partial charge in [0.1, 0.15) is 18.1 Å². The number of benzene rings is 4. The summed E-state index contributed by atoms with van der Waals surface area (Å²) >= 11 is 0. The van der Waals surface area contributed by atoms with Gasteiger partial charge in [-0.15, -0.1) is 0 Å². The maximum absolute atomic E-state index is 15.1. The fraction of sp³-hybridized carbons (Fsp3) is 0.367. The van der Waals surface area contributed by atoms with Crippen LogP contribution in [0.4, 0.5) is 0 Å². The SMILES string of the molecule is Cn1c(=O)n(C2CCC(=O)NC2=O)c2ccc(C#CCCCCCC(=O)N3CC[C@H]4CC[C@@H](C(=O)N[C@@H](CCC(N)=O)C(=O)NC(c5ccccc5)c5ccccc5)N4C(=O)[C@@H](CC(=O)c4cc5cc(C(=O)P(=O)(O)O)ccc5[nH]4)C3)cc21. The minimum Gasteiger partial charge on any atom is -0.370 e. The zero-order valence-corrected chi connectivity index (χ0v) is 46.5. The Hall–Kier alpha value is -8.77. The summed E-state index contributed by atoms with van der Waals surface area (Å²) in [5, 5.41) is 8.48. The minimum absolute atomic E-state index is 0.0338. The van der Waals surface area contributed by atoms with E-state index in [2.05, 4.69) is 32.8 Å². The summed E-state index contributed by atoms with van der Waals surface area (Å²) in [4.78, 5) is 159. The number of rotatable bonds is 20. The highest BCUT2D eigenvalue weighted by atomic mass is 31.2. The largest absolute Gasteiger partial charge is 0.396 e. The highest BCUT2D eigenvalue weighted by molar-refractivity contribution is 7.70. The number of imide groups is 1. The number of hydrogen-bond acceptors (Lipinski definition) is 11. The van der Waals surface area contributed by atoms with Crippen molar-refractivity contribution < 1.29 is 57.5 Å². The summed E-state index contributed by atoms with van der Waals surface area (Å²) in [7, 11) is -3.51. The van der Waals surface area contributed by atoms with Crippen LogP contribution >= 0.6 is 7.60 Å². The molecule has 0 spiro atoms. The second kappa shape index (κ2) is 25.6. The number of fused-ring (bicyclic) bond motifs is 3. The number of aromatic amines is 1. The smallest absolute Gasteiger partial charge is 0.370 e. The first kappa shape index (κ1) is 58.9. The van der Waals surface area contributed by atoms with Crippen LogP contribution in [0.3, 0.4) is 0 Å². The van der Waals surface area contributed by atoms with Crippen molar-refractivity contribution in [3.05, 3.63) is 142 Å². The molecule has 22 nitrogen and oxygen atoms in total. The van der Waals surface area contributed by atoms with E-state index in [0.29, 0.717) is 66.0 Å². The number of Topliss-reactive ketones (excluding diaryl/α,β-unsaturated/α-hetero) is 1. The van der Waals surface area contributed by atoms with Crippen molar-refractivity contribution in [2.45, 2.75) is 114 Å². The van der Waals surface area contributed by atoms with E-state index in [1.54, 1.807) is 30.1 Å². The average Bonchev–Trinajstić information content (AvgIpc) is 3.19. The van der Waals surface area contributed by atoms with Crippen molar-refractivity contribution in [1.82, 2.24) is 39.9 Å². The Bertz CT molecular complexity index is 3670. The van der Waals surface area contributed by atoms with Gasteiger partial charge in [-0.05, 0) is 98.5 Å². The van der Waals surface area contributed by atoms with Crippen LogP contribution < -0.4 is 27.4 Å². The molecule has 0 saturated carbocycles. The van der Waals surface area contributed by atoms with Crippen molar-refractivity contribution >= 4 is 82.2 Å². The molecule has 1 unspecified atom stereocenters. The van der Waals surface area contributed by atoms with Crippen LogP contribution in [0, 0.1) is 17.8 Å². The molecule has 3 saturated heterocycles. The van der Waals surface area contributed by atoms with E-state index in [-0.39, 0.29) is 80.4 Å². The number of amides is 7. The predicted molar refractivity (Wildman–Crippen MR) is 304 cm³/mol. The summed E-state index contributed by atoms with van der Waals surface area (Å²) in [6.07, 6.45) is 2.89. The molecule has 5 heterocycles. The molecule has 8 N–H and O–H groups in total. The molecule has 83 heavy (non-hydrogen) atoms. The molecule has 432 valence electrons. The van der Waals surface area contributed by atoms with E-state index in [0.717, 1.165) is 11.1 Å². The molecule has 0 bridgehead atoms. The number of ketones is 1. The number of aromatic nitrogens is 3. The summed E-state index contributed by atoms with van der Waals surface area (Å²) < 4.78 is 14.6. The van der Waals surface area contributed by atoms with Gasteiger partial charge in [-0.1, -0.05) is 78.9 Å². The number of H-pyrrole nitrogens is 1. The van der Waals surface area contributed by atoms with Crippen LogP contribution in [0.2, 0.25) is 0 Å². The monoisotopic (exact) mass is 1150 g/mol. The Morgan fingerprint density at radius 2 is 1.53 bits per heavy atom. The summed E-state index contributed by atoms with van der Waals surface area (Å²) in [5.74, 6) is 1.00. The van der Waals surface area contributed by atoms with Crippen LogP contribution in [-0.2, 0) is 45.2 Å². The number of primary amides is 1. The zero-order chi connectivity index (χ0) is 59.1. The van der Waals surface area contributed by atoms with Crippen LogP contribution in [0.5, 0.6) is 0 Å². The third-order valence-electron chi connectivity index (χ3n) is 15.7. The first-order chi connectivity index (χ1) is 39.7. The Morgan fingerprint density at radius 1 is 0.807 bits per heavy atom. The van der Waals surface area contributed by atoms with Gasteiger partial charge in [-0.2, -0.15) is 0 Å². The van der Waals surface area contributed by atoms with Gasteiger partial charge in [0.05, 0.1) is 28.7 Å². The molecule has 3 fully saturated rings. The van der Waals surface area contributed by atoms with E-state index >= 15 is 4.79 Å². The third-order valence-corrected chi connectivity index (χ3v) is 16.5. The first-order valence-electron chi connectivity index (χ1n) is 27.6. The number of imidazole rings is 1. The van der Waals surface area contributed by atoms with Gasteiger partial charge in [0.25, 0.3) is 5.52 Å². The lowest BCUT2D eigenvalue weighted by molar-refractivity contribution is -0.148. The molecular formula is C60H64N9O13P. The Kier molecular flexibility index (Phi) is 18.1. The molecule has 0 aliphatic carbocycles. The first-order valence-corrected chi connectivity index (χ1v) is 29.3. The average molecular weight is 1150 g/mol. The predicted octanol–water partition coefficient (Wildman–Crippen LogP) is 4.56. The van der Waals surface area contributed by atoms with E-state index in [4.69, 9.17) is 5.73 Å². The maximum Gasteiger partial charge on any atom is 0.396 e. The summed E-state index contributed by atoms with van der Waals surface area (Å²) in [6.45, 7) is 0.0435. The molecule has 6 aromatic rings. The van der Waals surface area contributed by atoms with Crippen LogP contribution in [0.15, 0.2) is 108 Å². The molecule has 23 heteroatoms. The van der Waals surface area contributed by atoms with Crippen molar-refractivity contribution in [3.63, 3.8) is 0 Å². The molecular weight excluding hydrogens is 1090 g/mol. The third kappa shape index (κ3) is 13.6. The number of nitrogens with one attached hydrogen (secondary N) is 4. The standard InChI is InChI=1S/C60H64N9O13P/c1-66-49-31-36(19-24-46(49)69(60(66)79)48-26-28-52(72)64-57(48)76)13-7-3-2-4-12-18-53(73)67-30-29-42-21-25-47(56(75)63-44(23-27-51(61)71)55(74)65-54(37-14-8-5-9-15-37)38-16-10-6-11-17-38)68(42)58(77)41(35-67)34-50(70)45-33-40-32-39(20-22-43(40)62-45)59(78)83(80,81)82/h5-6,8-11,14-17,19-20,22,24,31-33,41-42,44,47-48,54,62H,2-4,12,18,21,23,25-30,34-35H2,1H3,(H2,61,71)(H,63,75)(H,65,74)(H,64,72,76)(H2,80,81,82)/t41-,42+,44-,47-,48?/m0/s1. The molecule has 7 amide bonds. The van der Waals surface area contributed by atoms with Gasteiger partial charge in [0.2, 0.25) is 41.4 Å². The van der Waals surface area contributed by atoms with Crippen LogP contribution in [0.1, 0.15) is 133 Å². The number of aryl methyl sites for hydroxylation is 1. The van der Waals surface area contributed by atoms with Gasteiger partial charge in [0, 0.05) is 80.3 Å². The lowest BCUT2D eigenvalue weighted by atomic mass is 9.95. The molecule has 3 aliphatic rings. The number of unbranched alkanes of at least 4 members (excludes halogenated alkanes) is 3. The van der Waals surface area contributed by atoms with Gasteiger partial charge in [-0.3, -0.25) is 62.2 Å². The number of piperidine rings is 1. The molecule has 0 radical (unpaired) electrons. The summed E-state index contributed by atoms with van der Waals surface area (Å²) in [6, 6.07) is 24.7. The molecule has 3 aliphatic heterocycles. The quantitative estimate of drug-likeness (QED) is 0.0182. The van der Waals surface area contributed by atoms with E-state index < -0.39 is 91.0 Å². The van der Waals surface area contributed by atoms with Gasteiger partial charge < -0.3 is 40.9 Å². The van der Waals surface area contributed by atoms with Gasteiger partial charge >= 0.3 is 13.3 Å². The fourth-order valence-electron chi connectivity index (χ4n) is 11.4. The van der Waals surface area contributed by atoms with Crippen molar-refractivity contribution in [2.75, 3.05) is 13.1 Å². The second-order valence-corrected chi connectivity index (χ2v) is 22.8. The lowest BCUT2D eigenvalue weighted by Crippen LogP contribution is -2.57. The normalized spacial score (nSPS) is 18.6. The van der Waals surface area contributed by atoms with Crippen molar-refractivity contribution in [3.8, 4) is 11.8 Å². The number of nitrogens with two attached hydrogens (primary N) is 1. The maximum atomic E-state index is 15.1. The fourth-order valence-corrected chi connectivity index (χ4v) is 11.9. The highest BCUT2D eigenvalue weighted by Crippen LogP contribution is 2.40. The van der Waals surface area contributed by atoms with Crippen LogP contribution in [-0.4, -0.2) is 118 Å². The minimum atomic E-state index is -5.12. The Balaban J connectivity index is 0.885. The molecule has 2 aromatic heterocycles. The van der Waals surface area contributed by atoms with Crippen molar-refractivity contribution in [1.29, 1.82) is 0 Å². The van der Waals surface area contributed by atoms with Crippen LogP contribution in [0.25, 0.3) is 21.9 Å². The zero-order valence-electron chi connectivity index (χ0n) is 45.6.